The first-order valence-electron chi connectivity index (χ1n) is 6.28. The maximum absolute atomic E-state index is 13.0. The lowest BCUT2D eigenvalue weighted by Gasteiger charge is -2.07. The second-order valence-electron chi connectivity index (χ2n) is 4.52. The van der Waals surface area contributed by atoms with Gasteiger partial charge in [0.05, 0.1) is 5.75 Å². The Morgan fingerprint density at radius 2 is 1.86 bits per heavy atom. The topological polar surface area (TPSA) is 46.2 Å². The van der Waals surface area contributed by atoms with Crippen molar-refractivity contribution in [3.8, 4) is 0 Å². The molecule has 1 amide bonds. The van der Waals surface area contributed by atoms with E-state index in [1.165, 1.54) is 30.3 Å². The van der Waals surface area contributed by atoms with E-state index in [9.17, 15) is 17.8 Å². The zero-order valence-electron chi connectivity index (χ0n) is 11.3. The van der Waals surface area contributed by atoms with Gasteiger partial charge in [0, 0.05) is 21.5 Å². The van der Waals surface area contributed by atoms with Crippen molar-refractivity contribution in [2.45, 2.75) is 5.75 Å². The Morgan fingerprint density at radius 3 is 2.55 bits per heavy atom. The fourth-order valence-electron chi connectivity index (χ4n) is 1.77. The number of hydrogen-bond acceptors (Lipinski definition) is 2. The Bertz CT molecular complexity index is 724. The second kappa shape index (κ2) is 7.47. The number of amides is 1. The van der Waals surface area contributed by atoms with Gasteiger partial charge in [-0.15, -0.1) is 0 Å². The summed E-state index contributed by atoms with van der Waals surface area (Å²) < 4.78 is 37.8. The molecule has 7 heteroatoms. The molecule has 2 aromatic carbocycles. The lowest BCUT2D eigenvalue weighted by atomic mass is 10.2. The first kappa shape index (κ1) is 16.6. The summed E-state index contributed by atoms with van der Waals surface area (Å²) >= 11 is 5.84. The van der Waals surface area contributed by atoms with Gasteiger partial charge in [-0.2, -0.15) is 0 Å². The molecule has 1 N–H and O–H groups in total. The summed E-state index contributed by atoms with van der Waals surface area (Å²) in [6, 6.07) is 9.18. The highest BCUT2D eigenvalue weighted by atomic mass is 35.5. The molecule has 0 radical (unpaired) electrons. The van der Waals surface area contributed by atoms with E-state index in [-0.39, 0.29) is 16.5 Å². The lowest BCUT2D eigenvalue weighted by molar-refractivity contribution is -0.113. The summed E-state index contributed by atoms with van der Waals surface area (Å²) in [4.78, 5) is 11.7. The van der Waals surface area contributed by atoms with E-state index in [1.807, 2.05) is 0 Å². The fraction of sp³-hybridized carbons (Fsp3) is 0.133. The number of carbonyl (C=O) groups is 1. The SMILES string of the molecule is O=C(CS(=O)Cc1ccc(F)cc1Cl)Nc1cccc(F)c1. The van der Waals surface area contributed by atoms with Gasteiger partial charge < -0.3 is 5.32 Å². The zero-order valence-corrected chi connectivity index (χ0v) is 12.9. The van der Waals surface area contributed by atoms with Crippen LogP contribution in [0.15, 0.2) is 42.5 Å². The van der Waals surface area contributed by atoms with Crippen LogP contribution in [0.4, 0.5) is 14.5 Å². The molecular formula is C15H12ClF2NO2S. The van der Waals surface area contributed by atoms with Gasteiger partial charge in [-0.05, 0) is 35.9 Å². The minimum absolute atomic E-state index is 0.0374. The molecule has 0 fully saturated rings. The zero-order chi connectivity index (χ0) is 16.1. The third-order valence-corrected chi connectivity index (χ3v) is 4.30. The average Bonchev–Trinajstić information content (AvgIpc) is 2.41. The van der Waals surface area contributed by atoms with Crippen LogP contribution in [-0.4, -0.2) is 15.9 Å². The molecule has 3 nitrogen and oxygen atoms in total. The maximum Gasteiger partial charge on any atom is 0.237 e. The van der Waals surface area contributed by atoms with Crippen LogP contribution in [0.5, 0.6) is 0 Å². The van der Waals surface area contributed by atoms with Crippen LogP contribution in [0, 0.1) is 11.6 Å². The van der Waals surface area contributed by atoms with Crippen molar-refractivity contribution < 1.29 is 17.8 Å². The standard InChI is InChI=1S/C15H12ClF2NO2S/c16-14-7-12(18)5-4-10(14)8-22(21)9-15(20)19-13-3-1-2-11(17)6-13/h1-7H,8-9H2,(H,19,20). The van der Waals surface area contributed by atoms with Crippen molar-refractivity contribution in [3.05, 3.63) is 64.7 Å². The third kappa shape index (κ3) is 4.89. The van der Waals surface area contributed by atoms with Crippen LogP contribution in [0.2, 0.25) is 5.02 Å². The lowest BCUT2D eigenvalue weighted by Crippen LogP contribution is -2.20. The Balaban J connectivity index is 1.92. The summed E-state index contributed by atoms with van der Waals surface area (Å²) in [5, 5.41) is 2.62. The van der Waals surface area contributed by atoms with Gasteiger partial charge in [0.25, 0.3) is 0 Å². The smallest absolute Gasteiger partial charge is 0.237 e. The third-order valence-electron chi connectivity index (χ3n) is 2.73. The van der Waals surface area contributed by atoms with Crippen molar-refractivity contribution in [2.24, 2.45) is 0 Å². The average molecular weight is 344 g/mol. The molecule has 2 aromatic rings. The minimum atomic E-state index is -1.51. The van der Waals surface area contributed by atoms with Crippen molar-refractivity contribution in [2.75, 3.05) is 11.1 Å². The van der Waals surface area contributed by atoms with Crippen LogP contribution < -0.4 is 5.32 Å². The molecular weight excluding hydrogens is 332 g/mol. The molecule has 0 bridgehead atoms. The van der Waals surface area contributed by atoms with Crippen LogP contribution >= 0.6 is 11.6 Å². The van der Waals surface area contributed by atoms with Crippen molar-refractivity contribution in [1.29, 1.82) is 0 Å². The molecule has 0 saturated carbocycles. The van der Waals surface area contributed by atoms with E-state index in [1.54, 1.807) is 0 Å². The summed E-state index contributed by atoms with van der Waals surface area (Å²) in [5.74, 6) is -1.68. The summed E-state index contributed by atoms with van der Waals surface area (Å²) in [5.41, 5.74) is 0.793. The van der Waals surface area contributed by atoms with Gasteiger partial charge in [0.2, 0.25) is 5.91 Å². The Labute approximate surface area is 133 Å². The highest BCUT2D eigenvalue weighted by molar-refractivity contribution is 7.85. The van der Waals surface area contributed by atoms with Crippen molar-refractivity contribution in [1.82, 2.24) is 0 Å². The second-order valence-corrected chi connectivity index (χ2v) is 6.39. The van der Waals surface area contributed by atoms with Crippen LogP contribution in [0.1, 0.15) is 5.56 Å². The molecule has 0 aliphatic heterocycles. The summed E-state index contributed by atoms with van der Waals surface area (Å²) in [7, 11) is -1.51. The van der Waals surface area contributed by atoms with E-state index < -0.39 is 28.3 Å². The molecule has 0 heterocycles. The Hall–Kier alpha value is -1.79. The fourth-order valence-corrected chi connectivity index (χ4v) is 3.15. The van der Waals surface area contributed by atoms with E-state index in [4.69, 9.17) is 11.6 Å². The molecule has 1 atom stereocenters. The monoisotopic (exact) mass is 343 g/mol. The predicted molar refractivity (Wildman–Crippen MR) is 83.2 cm³/mol. The molecule has 1 unspecified atom stereocenters. The van der Waals surface area contributed by atoms with E-state index in [0.29, 0.717) is 11.3 Å². The molecule has 22 heavy (non-hydrogen) atoms. The van der Waals surface area contributed by atoms with Crippen LogP contribution in [0.25, 0.3) is 0 Å². The maximum atomic E-state index is 13.0. The molecule has 0 aliphatic carbocycles. The quantitative estimate of drug-likeness (QED) is 0.903. The number of halogens is 3. The minimum Gasteiger partial charge on any atom is -0.325 e. The van der Waals surface area contributed by atoms with Crippen molar-refractivity contribution in [3.63, 3.8) is 0 Å². The van der Waals surface area contributed by atoms with E-state index in [0.717, 1.165) is 12.1 Å². The van der Waals surface area contributed by atoms with Gasteiger partial charge in [0.15, 0.2) is 0 Å². The number of rotatable bonds is 5. The van der Waals surface area contributed by atoms with Crippen molar-refractivity contribution >= 4 is 34.0 Å². The molecule has 116 valence electrons. The summed E-state index contributed by atoms with van der Waals surface area (Å²) in [6.07, 6.45) is 0. The van der Waals surface area contributed by atoms with Crippen LogP contribution in [0.3, 0.4) is 0 Å². The molecule has 0 saturated heterocycles. The van der Waals surface area contributed by atoms with E-state index >= 15 is 0 Å². The van der Waals surface area contributed by atoms with Gasteiger partial charge in [-0.1, -0.05) is 23.7 Å². The number of carbonyl (C=O) groups excluding carboxylic acids is 1. The number of benzene rings is 2. The van der Waals surface area contributed by atoms with Gasteiger partial charge in [-0.3, -0.25) is 9.00 Å². The highest BCUT2D eigenvalue weighted by Gasteiger charge is 2.12. The first-order chi connectivity index (χ1) is 10.4. The molecule has 0 aromatic heterocycles. The van der Waals surface area contributed by atoms with Crippen LogP contribution in [-0.2, 0) is 21.3 Å². The first-order valence-corrected chi connectivity index (χ1v) is 8.15. The molecule has 0 spiro atoms. The number of nitrogens with one attached hydrogen (secondary N) is 1. The van der Waals surface area contributed by atoms with Gasteiger partial charge in [-0.25, -0.2) is 8.78 Å². The largest absolute Gasteiger partial charge is 0.325 e. The van der Waals surface area contributed by atoms with Gasteiger partial charge in [0.1, 0.15) is 17.4 Å². The highest BCUT2D eigenvalue weighted by Crippen LogP contribution is 2.19. The molecule has 0 aliphatic rings. The summed E-state index contributed by atoms with van der Waals surface area (Å²) in [6.45, 7) is 0. The number of anilines is 1. The van der Waals surface area contributed by atoms with E-state index in [2.05, 4.69) is 5.32 Å². The normalized spacial score (nSPS) is 12.0. The predicted octanol–water partition coefficient (Wildman–Crippen LogP) is 3.51. The number of hydrogen-bond donors (Lipinski definition) is 1. The molecule has 2 rings (SSSR count). The van der Waals surface area contributed by atoms with Gasteiger partial charge >= 0.3 is 0 Å². The Morgan fingerprint density at radius 1 is 1.14 bits per heavy atom. The Kier molecular flexibility index (Phi) is 5.63.